The molecule has 106 valence electrons. The van der Waals surface area contributed by atoms with Gasteiger partial charge in [0, 0.05) is 19.6 Å². The number of halogens is 5. The van der Waals surface area contributed by atoms with E-state index >= 15 is 0 Å². The number of Topliss-reactive ketones (excluding diaryl/α,β-unsaturated/α-hetero) is 1. The molecule has 0 saturated carbocycles. The maximum atomic E-state index is 12.9. The maximum absolute atomic E-state index is 12.9. The van der Waals surface area contributed by atoms with E-state index in [1.807, 2.05) is 0 Å². The second kappa shape index (κ2) is 5.70. The molecular weight excluding hydrogens is 531 g/mol. The molecule has 0 amide bonds. The Balaban J connectivity index is 2.89. The van der Waals surface area contributed by atoms with Gasteiger partial charge >= 0.3 is 6.18 Å². The van der Waals surface area contributed by atoms with Crippen LogP contribution in [-0.2, 0) is 6.18 Å². The van der Waals surface area contributed by atoms with Gasteiger partial charge in [-0.25, -0.2) is 0 Å². The van der Waals surface area contributed by atoms with Crippen molar-refractivity contribution >= 4 is 67.9 Å². The highest BCUT2D eigenvalue weighted by molar-refractivity contribution is 14.1. The van der Waals surface area contributed by atoms with E-state index in [1.165, 1.54) is 26.7 Å². The van der Waals surface area contributed by atoms with Gasteiger partial charge in [-0.3, -0.25) is 4.79 Å². The lowest BCUT2D eigenvalue weighted by molar-refractivity contribution is -0.135. The number of nitriles is 2. The molecule has 0 atom stereocenters. The molecule has 2 rings (SSSR count). The van der Waals surface area contributed by atoms with Crippen molar-refractivity contribution in [3.8, 4) is 12.1 Å². The molecule has 0 saturated heterocycles. The lowest BCUT2D eigenvalue weighted by atomic mass is 10.1. The largest absolute Gasteiger partial charge is 0.426 e. The van der Waals surface area contributed by atoms with Crippen LogP contribution in [0.15, 0.2) is 15.2 Å². The van der Waals surface area contributed by atoms with Crippen molar-refractivity contribution in [2.45, 2.75) is 6.18 Å². The number of hydrogen-bond donors (Lipinski definition) is 0. The highest BCUT2D eigenvalue weighted by Gasteiger charge is 2.44. The molecular formula is C12HF3I2N2OS. The van der Waals surface area contributed by atoms with E-state index in [1.54, 1.807) is 34.7 Å². The average Bonchev–Trinajstić information content (AvgIpc) is 2.88. The van der Waals surface area contributed by atoms with Crippen molar-refractivity contribution in [2.75, 3.05) is 0 Å². The summed E-state index contributed by atoms with van der Waals surface area (Å²) in [5, 5.41) is 17.9. The second-order valence-electron chi connectivity index (χ2n) is 3.77. The fourth-order valence-electron chi connectivity index (χ4n) is 1.83. The molecule has 0 spiro atoms. The number of rotatable bonds is 0. The Labute approximate surface area is 148 Å². The van der Waals surface area contributed by atoms with Crippen molar-refractivity contribution in [3.63, 3.8) is 0 Å². The Kier molecular flexibility index (Phi) is 4.46. The molecule has 1 aromatic rings. The molecule has 0 aromatic carbocycles. The molecule has 0 N–H and O–H groups in total. The third-order valence-corrected chi connectivity index (χ3v) is 5.98. The van der Waals surface area contributed by atoms with Crippen LogP contribution in [0.25, 0.3) is 5.57 Å². The SMILES string of the molecule is N#CC(C#N)=C1/C(=C/I)C(=O)c2c1sc(C(F)(F)F)c2I. The number of carbonyl (C=O) groups is 1. The summed E-state index contributed by atoms with van der Waals surface area (Å²) < 4.78 is 40.0. The lowest BCUT2D eigenvalue weighted by Gasteiger charge is -2.05. The first-order chi connectivity index (χ1) is 9.77. The molecule has 0 unspecified atom stereocenters. The Bertz CT molecular complexity index is 790. The van der Waals surface area contributed by atoms with E-state index in [9.17, 15) is 18.0 Å². The van der Waals surface area contributed by atoms with Gasteiger partial charge in [-0.05, 0) is 26.7 Å². The Morgan fingerprint density at radius 2 is 1.86 bits per heavy atom. The number of hydrogen-bond acceptors (Lipinski definition) is 4. The predicted octanol–water partition coefficient (Wildman–Crippen LogP) is 4.69. The lowest BCUT2D eigenvalue weighted by Crippen LogP contribution is -2.06. The van der Waals surface area contributed by atoms with Crippen LogP contribution in [0.1, 0.15) is 20.1 Å². The Morgan fingerprint density at radius 1 is 1.29 bits per heavy atom. The summed E-state index contributed by atoms with van der Waals surface area (Å²) >= 11 is 3.63. The molecule has 0 bridgehead atoms. The third kappa shape index (κ3) is 2.51. The summed E-state index contributed by atoms with van der Waals surface area (Å²) in [4.78, 5) is 11.4. The summed E-state index contributed by atoms with van der Waals surface area (Å²) in [6.07, 6.45) is -4.58. The Morgan fingerprint density at radius 3 is 2.29 bits per heavy atom. The molecule has 1 aliphatic rings. The number of carbonyl (C=O) groups excluding carboxylic acids is 1. The summed E-state index contributed by atoms with van der Waals surface area (Å²) in [5.74, 6) is -0.589. The van der Waals surface area contributed by atoms with Crippen molar-refractivity contribution in [1.82, 2.24) is 0 Å². The minimum atomic E-state index is -4.58. The van der Waals surface area contributed by atoms with Gasteiger partial charge in [0.15, 0.2) is 5.78 Å². The van der Waals surface area contributed by atoms with Crippen molar-refractivity contribution in [2.24, 2.45) is 0 Å². The normalized spacial score (nSPS) is 15.9. The van der Waals surface area contributed by atoms with Crippen LogP contribution in [0, 0.1) is 26.2 Å². The molecule has 1 heterocycles. The molecule has 9 heteroatoms. The van der Waals surface area contributed by atoms with Crippen LogP contribution >= 0.6 is 56.5 Å². The molecule has 1 aliphatic carbocycles. The summed E-state index contributed by atoms with van der Waals surface area (Å²) in [6, 6.07) is 3.26. The fraction of sp³-hybridized carbons (Fsp3) is 0.0833. The first-order valence-electron chi connectivity index (χ1n) is 5.07. The van der Waals surface area contributed by atoms with E-state index in [-0.39, 0.29) is 30.7 Å². The molecule has 1 aromatic heterocycles. The number of allylic oxidation sites excluding steroid dienone is 3. The zero-order chi connectivity index (χ0) is 15.9. The minimum absolute atomic E-state index is 0.00665. The van der Waals surface area contributed by atoms with E-state index in [4.69, 9.17) is 10.5 Å². The van der Waals surface area contributed by atoms with Gasteiger partial charge in [-0.1, -0.05) is 22.6 Å². The van der Waals surface area contributed by atoms with Crippen LogP contribution in [0.3, 0.4) is 0 Å². The van der Waals surface area contributed by atoms with E-state index in [0.29, 0.717) is 11.3 Å². The summed E-state index contributed by atoms with van der Waals surface area (Å²) in [6.45, 7) is 0. The van der Waals surface area contributed by atoms with Gasteiger partial charge in [0.25, 0.3) is 0 Å². The first kappa shape index (κ1) is 16.5. The molecule has 21 heavy (non-hydrogen) atoms. The van der Waals surface area contributed by atoms with Gasteiger partial charge in [0.2, 0.25) is 0 Å². The fourth-order valence-corrected chi connectivity index (χ4v) is 4.88. The van der Waals surface area contributed by atoms with Crippen LogP contribution in [0.2, 0.25) is 0 Å². The number of thiophene rings is 1. The average molecular weight is 532 g/mol. The first-order valence-corrected chi connectivity index (χ1v) is 8.21. The number of fused-ring (bicyclic) bond motifs is 1. The summed E-state index contributed by atoms with van der Waals surface area (Å²) in [7, 11) is 0. The summed E-state index contributed by atoms with van der Waals surface area (Å²) in [5.41, 5.74) is -0.361. The number of nitrogens with zero attached hydrogens (tertiary/aromatic N) is 2. The topological polar surface area (TPSA) is 64.7 Å². The quantitative estimate of drug-likeness (QED) is 0.277. The van der Waals surface area contributed by atoms with Gasteiger partial charge in [0.1, 0.15) is 22.6 Å². The van der Waals surface area contributed by atoms with Crippen molar-refractivity contribution in [3.05, 3.63) is 34.1 Å². The zero-order valence-electron chi connectivity index (χ0n) is 9.68. The predicted molar refractivity (Wildman–Crippen MR) is 86.6 cm³/mol. The number of alkyl halides is 3. The molecule has 0 radical (unpaired) electrons. The third-order valence-electron chi connectivity index (χ3n) is 2.66. The van der Waals surface area contributed by atoms with Crippen LogP contribution in [0.4, 0.5) is 13.2 Å². The van der Waals surface area contributed by atoms with Crippen LogP contribution in [-0.4, -0.2) is 5.78 Å². The highest BCUT2D eigenvalue weighted by Crippen LogP contribution is 2.50. The second-order valence-corrected chi connectivity index (χ2v) is 6.49. The standard InChI is InChI=1S/C12HF3I2N2OS/c13-12(14,15)11-8(17)7-9(20)5(1-16)6(10(7)21-11)4(2-18)3-19/h1H/b5-1-. The van der Waals surface area contributed by atoms with Crippen molar-refractivity contribution < 1.29 is 18.0 Å². The monoisotopic (exact) mass is 532 g/mol. The van der Waals surface area contributed by atoms with Gasteiger partial charge in [-0.15, -0.1) is 11.3 Å². The molecule has 3 nitrogen and oxygen atoms in total. The number of ketones is 1. The van der Waals surface area contributed by atoms with E-state index in [0.717, 1.165) is 0 Å². The minimum Gasteiger partial charge on any atom is -0.288 e. The van der Waals surface area contributed by atoms with E-state index in [2.05, 4.69) is 0 Å². The van der Waals surface area contributed by atoms with Crippen LogP contribution < -0.4 is 0 Å². The molecule has 0 fully saturated rings. The zero-order valence-corrected chi connectivity index (χ0v) is 14.8. The highest BCUT2D eigenvalue weighted by atomic mass is 127. The van der Waals surface area contributed by atoms with E-state index < -0.39 is 16.8 Å². The van der Waals surface area contributed by atoms with Gasteiger partial charge < -0.3 is 0 Å². The van der Waals surface area contributed by atoms with Gasteiger partial charge in [0.05, 0.1) is 5.56 Å². The maximum Gasteiger partial charge on any atom is 0.426 e. The smallest absolute Gasteiger partial charge is 0.288 e. The Hall–Kier alpha value is -0.920. The van der Waals surface area contributed by atoms with Crippen molar-refractivity contribution in [1.29, 1.82) is 10.5 Å². The molecule has 0 aliphatic heterocycles. The van der Waals surface area contributed by atoms with Crippen LogP contribution in [0.5, 0.6) is 0 Å². The van der Waals surface area contributed by atoms with Gasteiger partial charge in [-0.2, -0.15) is 23.7 Å².